The molecule has 0 saturated carbocycles. The maximum Gasteiger partial charge on any atom is 0.131 e. The maximum atomic E-state index is 4.30. The van der Waals surface area contributed by atoms with Gasteiger partial charge in [0.2, 0.25) is 0 Å². The molecule has 12 heavy (non-hydrogen) atoms. The van der Waals surface area contributed by atoms with Gasteiger partial charge in [0, 0.05) is 11.5 Å². The first-order valence-corrected chi connectivity index (χ1v) is 4.50. The molecule has 70 valence electrons. The van der Waals surface area contributed by atoms with Crippen molar-refractivity contribution in [1.82, 2.24) is 10.3 Å². The molecular formula is C9H19N3. The molecule has 0 unspecified atom stereocenters. The lowest BCUT2D eigenvalue weighted by atomic mass is 9.94. The van der Waals surface area contributed by atoms with Crippen LogP contribution in [0, 0.1) is 5.41 Å². The van der Waals surface area contributed by atoms with Gasteiger partial charge >= 0.3 is 0 Å². The molecule has 0 spiro atoms. The SMILES string of the molecule is CC(C)N1CNN=C1C(C)(C)C. The van der Waals surface area contributed by atoms with Gasteiger partial charge < -0.3 is 4.90 Å². The van der Waals surface area contributed by atoms with Gasteiger partial charge in [0.15, 0.2) is 0 Å². The highest BCUT2D eigenvalue weighted by molar-refractivity contribution is 5.88. The van der Waals surface area contributed by atoms with Crippen LogP contribution >= 0.6 is 0 Å². The Bertz CT molecular complexity index is 188. The van der Waals surface area contributed by atoms with Crippen molar-refractivity contribution in [3.05, 3.63) is 0 Å². The van der Waals surface area contributed by atoms with Gasteiger partial charge in [0.1, 0.15) is 12.5 Å². The summed E-state index contributed by atoms with van der Waals surface area (Å²) in [5.41, 5.74) is 3.17. The standard InChI is InChI=1S/C9H19N3/c1-7(2)12-6-10-11-8(12)9(3,4)5/h7,10H,6H2,1-5H3. The molecule has 1 rings (SSSR count). The lowest BCUT2D eigenvalue weighted by Gasteiger charge is -2.30. The van der Waals surface area contributed by atoms with Crippen LogP contribution in [-0.2, 0) is 0 Å². The third-order valence-corrected chi connectivity index (χ3v) is 1.99. The topological polar surface area (TPSA) is 27.6 Å². The number of hydrazone groups is 1. The lowest BCUT2D eigenvalue weighted by Crippen LogP contribution is -2.41. The van der Waals surface area contributed by atoms with Crippen molar-refractivity contribution >= 4 is 5.84 Å². The minimum absolute atomic E-state index is 0.147. The number of hydrogen-bond acceptors (Lipinski definition) is 3. The van der Waals surface area contributed by atoms with Crippen molar-refractivity contribution in [2.24, 2.45) is 10.5 Å². The molecule has 1 N–H and O–H groups in total. The number of nitrogens with one attached hydrogen (secondary N) is 1. The fraction of sp³-hybridized carbons (Fsp3) is 0.889. The van der Waals surface area contributed by atoms with Gasteiger partial charge in [-0.1, -0.05) is 20.8 Å². The largest absolute Gasteiger partial charge is 0.337 e. The highest BCUT2D eigenvalue weighted by Gasteiger charge is 2.29. The Morgan fingerprint density at radius 2 is 2.00 bits per heavy atom. The summed E-state index contributed by atoms with van der Waals surface area (Å²) < 4.78 is 0. The van der Waals surface area contributed by atoms with Gasteiger partial charge in [0.25, 0.3) is 0 Å². The monoisotopic (exact) mass is 169 g/mol. The predicted octanol–water partition coefficient (Wildman–Crippen LogP) is 1.62. The second-order valence-corrected chi connectivity index (χ2v) is 4.57. The van der Waals surface area contributed by atoms with E-state index in [4.69, 9.17) is 0 Å². The van der Waals surface area contributed by atoms with Crippen LogP contribution < -0.4 is 5.43 Å². The Hall–Kier alpha value is -0.730. The molecular weight excluding hydrogens is 150 g/mol. The fourth-order valence-corrected chi connectivity index (χ4v) is 1.35. The van der Waals surface area contributed by atoms with Crippen molar-refractivity contribution in [2.45, 2.75) is 40.7 Å². The molecule has 1 aliphatic heterocycles. The van der Waals surface area contributed by atoms with Gasteiger partial charge in [-0.3, -0.25) is 5.43 Å². The van der Waals surface area contributed by atoms with E-state index in [2.05, 4.69) is 50.0 Å². The number of hydrogen-bond donors (Lipinski definition) is 1. The number of nitrogens with zero attached hydrogens (tertiary/aromatic N) is 2. The molecule has 1 heterocycles. The van der Waals surface area contributed by atoms with E-state index in [0.717, 1.165) is 12.5 Å². The summed E-state index contributed by atoms with van der Waals surface area (Å²) in [6.45, 7) is 11.8. The molecule has 0 radical (unpaired) electrons. The summed E-state index contributed by atoms with van der Waals surface area (Å²) >= 11 is 0. The third kappa shape index (κ3) is 1.71. The quantitative estimate of drug-likeness (QED) is 0.646. The van der Waals surface area contributed by atoms with E-state index in [1.54, 1.807) is 0 Å². The Morgan fingerprint density at radius 3 is 2.33 bits per heavy atom. The van der Waals surface area contributed by atoms with Crippen molar-refractivity contribution in [3.63, 3.8) is 0 Å². The summed E-state index contributed by atoms with van der Waals surface area (Å²) in [5.74, 6) is 1.16. The molecule has 0 amide bonds. The number of amidine groups is 1. The molecule has 3 heteroatoms. The Labute approximate surface area is 74.8 Å². The normalized spacial score (nSPS) is 18.2. The van der Waals surface area contributed by atoms with Crippen molar-refractivity contribution in [2.75, 3.05) is 6.67 Å². The first kappa shape index (κ1) is 9.36. The zero-order valence-electron chi connectivity index (χ0n) is 8.68. The van der Waals surface area contributed by atoms with Crippen molar-refractivity contribution < 1.29 is 0 Å². The molecule has 0 bridgehead atoms. The van der Waals surface area contributed by atoms with E-state index >= 15 is 0 Å². The Balaban J connectivity index is 2.76. The molecule has 3 nitrogen and oxygen atoms in total. The highest BCUT2D eigenvalue weighted by Crippen LogP contribution is 2.22. The Morgan fingerprint density at radius 1 is 1.42 bits per heavy atom. The summed E-state index contributed by atoms with van der Waals surface area (Å²) in [5, 5.41) is 4.30. The van der Waals surface area contributed by atoms with Crippen LogP contribution in [0.15, 0.2) is 5.10 Å². The molecule has 1 aliphatic rings. The van der Waals surface area contributed by atoms with Crippen LogP contribution in [0.25, 0.3) is 0 Å². The summed E-state index contributed by atoms with van der Waals surface area (Å²) in [7, 11) is 0. The van der Waals surface area contributed by atoms with E-state index in [1.807, 2.05) is 0 Å². The van der Waals surface area contributed by atoms with Gasteiger partial charge in [-0.15, -0.1) is 0 Å². The van der Waals surface area contributed by atoms with E-state index < -0.39 is 0 Å². The predicted molar refractivity (Wildman–Crippen MR) is 51.9 cm³/mol. The first-order chi connectivity index (χ1) is 5.43. The summed E-state index contributed by atoms with van der Waals surface area (Å²) in [6.07, 6.45) is 0. The average molecular weight is 169 g/mol. The van der Waals surface area contributed by atoms with E-state index in [0.29, 0.717) is 6.04 Å². The second-order valence-electron chi connectivity index (χ2n) is 4.57. The molecule has 0 aromatic heterocycles. The smallest absolute Gasteiger partial charge is 0.131 e. The number of rotatable bonds is 1. The zero-order chi connectivity index (χ0) is 9.35. The van der Waals surface area contributed by atoms with Crippen molar-refractivity contribution in [1.29, 1.82) is 0 Å². The minimum atomic E-state index is 0.147. The molecule has 0 aromatic carbocycles. The van der Waals surface area contributed by atoms with Crippen LogP contribution in [0.4, 0.5) is 0 Å². The van der Waals surface area contributed by atoms with E-state index in [-0.39, 0.29) is 5.41 Å². The van der Waals surface area contributed by atoms with Gasteiger partial charge in [0.05, 0.1) is 0 Å². The molecule has 0 aromatic rings. The minimum Gasteiger partial charge on any atom is -0.337 e. The molecule has 0 fully saturated rings. The molecule has 0 atom stereocenters. The maximum absolute atomic E-state index is 4.30. The first-order valence-electron chi connectivity index (χ1n) is 4.50. The summed E-state index contributed by atoms with van der Waals surface area (Å²) in [6, 6.07) is 0.526. The van der Waals surface area contributed by atoms with Crippen LogP contribution in [-0.4, -0.2) is 23.4 Å². The van der Waals surface area contributed by atoms with Crippen LogP contribution in [0.2, 0.25) is 0 Å². The van der Waals surface area contributed by atoms with E-state index in [9.17, 15) is 0 Å². The van der Waals surface area contributed by atoms with Crippen LogP contribution in [0.3, 0.4) is 0 Å². The zero-order valence-corrected chi connectivity index (χ0v) is 8.68. The fourth-order valence-electron chi connectivity index (χ4n) is 1.35. The second kappa shape index (κ2) is 2.96. The van der Waals surface area contributed by atoms with Crippen LogP contribution in [0.5, 0.6) is 0 Å². The highest BCUT2D eigenvalue weighted by atomic mass is 15.5. The van der Waals surface area contributed by atoms with E-state index in [1.165, 1.54) is 0 Å². The van der Waals surface area contributed by atoms with Crippen LogP contribution in [0.1, 0.15) is 34.6 Å². The molecule has 0 saturated heterocycles. The van der Waals surface area contributed by atoms with Crippen molar-refractivity contribution in [3.8, 4) is 0 Å². The third-order valence-electron chi connectivity index (χ3n) is 1.99. The van der Waals surface area contributed by atoms with Gasteiger partial charge in [-0.2, -0.15) is 5.10 Å². The Kier molecular flexibility index (Phi) is 2.31. The average Bonchev–Trinajstić information content (AvgIpc) is 2.30. The summed E-state index contributed by atoms with van der Waals surface area (Å²) in [4.78, 5) is 2.29. The lowest BCUT2D eigenvalue weighted by molar-refractivity contribution is 0.328. The molecule has 0 aliphatic carbocycles. The van der Waals surface area contributed by atoms with Gasteiger partial charge in [-0.05, 0) is 13.8 Å². The van der Waals surface area contributed by atoms with Gasteiger partial charge in [-0.25, -0.2) is 0 Å².